The molecule has 0 N–H and O–H groups in total. The molecule has 2 nitrogen and oxygen atoms in total. The Hall–Kier alpha value is -0.340. The molecule has 0 saturated heterocycles. The number of rotatable bonds is 32. The van der Waals surface area contributed by atoms with E-state index in [-0.39, 0.29) is 0 Å². The average Bonchev–Trinajstić information content (AvgIpc) is 2.91. The summed E-state index contributed by atoms with van der Waals surface area (Å²) < 4.78 is 12.4. The maximum Gasteiger partial charge on any atom is 0.0696 e. The third-order valence-corrected chi connectivity index (χ3v) is 8.18. The highest BCUT2D eigenvalue weighted by Crippen LogP contribution is 2.21. The molecule has 0 heterocycles. The fourth-order valence-electron chi connectivity index (χ4n) is 5.55. The molecule has 0 unspecified atom stereocenters. The van der Waals surface area contributed by atoms with Crippen molar-refractivity contribution in [3.05, 3.63) is 12.2 Å². The van der Waals surface area contributed by atoms with E-state index >= 15 is 0 Å². The SMILES string of the molecule is C=C(COCC(CCCCCCC)CCCCCCC)COCC(CCCCCCC)CCCCCCC. The third-order valence-electron chi connectivity index (χ3n) is 8.18. The van der Waals surface area contributed by atoms with Gasteiger partial charge in [-0.2, -0.15) is 0 Å². The molecule has 0 aromatic heterocycles. The summed E-state index contributed by atoms with van der Waals surface area (Å²) in [6, 6.07) is 0. The molecule has 0 aliphatic rings. The topological polar surface area (TPSA) is 18.5 Å². The highest BCUT2D eigenvalue weighted by atomic mass is 16.5. The van der Waals surface area contributed by atoms with Gasteiger partial charge in [0.2, 0.25) is 0 Å². The molecule has 0 bridgehead atoms. The molecule has 0 atom stereocenters. The van der Waals surface area contributed by atoms with E-state index in [1.807, 2.05) is 0 Å². The van der Waals surface area contributed by atoms with Crippen LogP contribution in [0.15, 0.2) is 12.2 Å². The van der Waals surface area contributed by atoms with Crippen LogP contribution in [0.25, 0.3) is 0 Å². The van der Waals surface area contributed by atoms with Gasteiger partial charge in [0.05, 0.1) is 13.2 Å². The molecule has 0 aromatic rings. The van der Waals surface area contributed by atoms with Crippen molar-refractivity contribution in [2.75, 3.05) is 26.4 Å². The van der Waals surface area contributed by atoms with Crippen molar-refractivity contribution in [2.45, 2.75) is 182 Å². The second-order valence-corrected chi connectivity index (χ2v) is 12.3. The molecule has 0 amide bonds. The average molecular weight is 537 g/mol. The maximum atomic E-state index is 6.20. The van der Waals surface area contributed by atoms with Crippen molar-refractivity contribution in [1.82, 2.24) is 0 Å². The number of hydrogen-bond acceptors (Lipinski definition) is 2. The number of hydrogen-bond donors (Lipinski definition) is 0. The Labute approximate surface area is 241 Å². The second-order valence-electron chi connectivity index (χ2n) is 12.3. The normalized spacial score (nSPS) is 11.7. The fourth-order valence-corrected chi connectivity index (χ4v) is 5.55. The smallest absolute Gasteiger partial charge is 0.0696 e. The summed E-state index contributed by atoms with van der Waals surface area (Å²) in [6.45, 7) is 16.6. The van der Waals surface area contributed by atoms with E-state index < -0.39 is 0 Å². The minimum atomic E-state index is 0.668. The summed E-state index contributed by atoms with van der Waals surface area (Å²) in [7, 11) is 0. The van der Waals surface area contributed by atoms with Crippen LogP contribution in [0.1, 0.15) is 182 Å². The van der Waals surface area contributed by atoms with E-state index in [0.29, 0.717) is 13.2 Å². The zero-order valence-electron chi connectivity index (χ0n) is 27.0. The summed E-state index contributed by atoms with van der Waals surface area (Å²) in [5.41, 5.74) is 1.11. The molecule has 228 valence electrons. The van der Waals surface area contributed by atoms with E-state index in [0.717, 1.165) is 30.6 Å². The lowest BCUT2D eigenvalue weighted by Gasteiger charge is -2.19. The largest absolute Gasteiger partial charge is 0.377 e. The van der Waals surface area contributed by atoms with Gasteiger partial charge in [-0.3, -0.25) is 0 Å². The number of ether oxygens (including phenoxy) is 2. The van der Waals surface area contributed by atoms with Gasteiger partial charge < -0.3 is 9.47 Å². The summed E-state index contributed by atoms with van der Waals surface area (Å²) in [5, 5.41) is 0. The first-order valence-electron chi connectivity index (χ1n) is 17.5. The molecule has 0 aliphatic carbocycles. The monoisotopic (exact) mass is 537 g/mol. The first-order chi connectivity index (χ1) is 18.7. The van der Waals surface area contributed by atoms with Crippen LogP contribution >= 0.6 is 0 Å². The lowest BCUT2D eigenvalue weighted by Crippen LogP contribution is -2.15. The van der Waals surface area contributed by atoms with Crippen LogP contribution in [-0.2, 0) is 9.47 Å². The zero-order chi connectivity index (χ0) is 27.9. The van der Waals surface area contributed by atoms with Crippen LogP contribution in [0.4, 0.5) is 0 Å². The molecule has 0 aliphatic heterocycles. The van der Waals surface area contributed by atoms with Crippen molar-refractivity contribution >= 4 is 0 Å². The van der Waals surface area contributed by atoms with E-state index in [4.69, 9.17) is 9.47 Å². The van der Waals surface area contributed by atoms with Crippen molar-refractivity contribution in [3.63, 3.8) is 0 Å². The van der Waals surface area contributed by atoms with Crippen LogP contribution in [0.5, 0.6) is 0 Å². The van der Waals surface area contributed by atoms with Crippen LogP contribution in [0.3, 0.4) is 0 Å². The van der Waals surface area contributed by atoms with Crippen LogP contribution < -0.4 is 0 Å². The lowest BCUT2D eigenvalue weighted by atomic mass is 9.95. The van der Waals surface area contributed by atoms with Crippen LogP contribution in [0, 0.1) is 11.8 Å². The van der Waals surface area contributed by atoms with Crippen LogP contribution in [0.2, 0.25) is 0 Å². The highest BCUT2D eigenvalue weighted by molar-refractivity contribution is 4.94. The Balaban J connectivity index is 4.27. The zero-order valence-corrected chi connectivity index (χ0v) is 27.0. The number of unbranched alkanes of at least 4 members (excludes halogenated alkanes) is 16. The Kier molecular flexibility index (Phi) is 30.9. The van der Waals surface area contributed by atoms with Crippen molar-refractivity contribution in [1.29, 1.82) is 0 Å². The summed E-state index contributed by atoms with van der Waals surface area (Å²) in [4.78, 5) is 0. The Bertz CT molecular complexity index is 392. The van der Waals surface area contributed by atoms with E-state index in [1.54, 1.807) is 0 Å². The van der Waals surface area contributed by atoms with Gasteiger partial charge in [0.1, 0.15) is 0 Å². The Morgan fingerprint density at radius 1 is 0.421 bits per heavy atom. The second kappa shape index (κ2) is 31.2. The molecule has 0 rings (SSSR count). The Morgan fingerprint density at radius 2 is 0.684 bits per heavy atom. The quantitative estimate of drug-likeness (QED) is 0.0628. The standard InChI is InChI=1S/C36H72O2/c1-6-10-14-18-22-26-35(27-23-19-15-11-7-2)32-37-30-34(5)31-38-33-36(28-24-20-16-12-8-3)29-25-21-17-13-9-4/h35-36H,5-33H2,1-4H3. The minimum absolute atomic E-state index is 0.668. The summed E-state index contributed by atoms with van der Waals surface area (Å²) in [5.74, 6) is 1.44. The van der Waals surface area contributed by atoms with Gasteiger partial charge in [0.15, 0.2) is 0 Å². The maximum absolute atomic E-state index is 6.20. The predicted octanol–water partition coefficient (Wildman–Crippen LogP) is 12.3. The van der Waals surface area contributed by atoms with Gasteiger partial charge in [0, 0.05) is 13.2 Å². The van der Waals surface area contributed by atoms with E-state index in [2.05, 4.69) is 34.3 Å². The Morgan fingerprint density at radius 3 is 0.947 bits per heavy atom. The lowest BCUT2D eigenvalue weighted by molar-refractivity contribution is 0.0781. The molecule has 0 spiro atoms. The molecule has 0 saturated carbocycles. The highest BCUT2D eigenvalue weighted by Gasteiger charge is 2.12. The minimum Gasteiger partial charge on any atom is -0.377 e. The molecular formula is C36H72O2. The third kappa shape index (κ3) is 27.2. The van der Waals surface area contributed by atoms with Gasteiger partial charge in [-0.05, 0) is 43.1 Å². The van der Waals surface area contributed by atoms with Gasteiger partial charge in [0.25, 0.3) is 0 Å². The fraction of sp³-hybridized carbons (Fsp3) is 0.944. The van der Waals surface area contributed by atoms with Crippen molar-refractivity contribution < 1.29 is 9.47 Å². The molecule has 0 fully saturated rings. The van der Waals surface area contributed by atoms with Gasteiger partial charge in [-0.1, -0.05) is 163 Å². The van der Waals surface area contributed by atoms with Crippen LogP contribution in [-0.4, -0.2) is 26.4 Å². The molecule has 0 radical (unpaired) electrons. The van der Waals surface area contributed by atoms with E-state index in [1.165, 1.54) is 154 Å². The predicted molar refractivity (Wildman–Crippen MR) is 171 cm³/mol. The van der Waals surface area contributed by atoms with Gasteiger partial charge >= 0.3 is 0 Å². The van der Waals surface area contributed by atoms with Gasteiger partial charge in [-0.15, -0.1) is 0 Å². The molecular weight excluding hydrogens is 464 g/mol. The molecule has 0 aromatic carbocycles. The first-order valence-corrected chi connectivity index (χ1v) is 17.5. The van der Waals surface area contributed by atoms with Gasteiger partial charge in [-0.25, -0.2) is 0 Å². The molecule has 38 heavy (non-hydrogen) atoms. The first kappa shape index (κ1) is 37.7. The molecule has 2 heteroatoms. The van der Waals surface area contributed by atoms with E-state index in [9.17, 15) is 0 Å². The van der Waals surface area contributed by atoms with Crippen molar-refractivity contribution in [2.24, 2.45) is 11.8 Å². The summed E-state index contributed by atoms with van der Waals surface area (Å²) >= 11 is 0. The van der Waals surface area contributed by atoms with Crippen molar-refractivity contribution in [3.8, 4) is 0 Å². The summed E-state index contributed by atoms with van der Waals surface area (Å²) in [6.07, 6.45) is 32.8.